The SMILES string of the molecule is O=C(O)N1CC[C@@H](Nc2ncc3c(F)cc(-c4ccc(CC(F)F)cn4)n3n2)[C@H](O)C1. The summed E-state index contributed by atoms with van der Waals surface area (Å²) in [6.07, 6.45) is -2.05. The predicted molar refractivity (Wildman–Crippen MR) is 104 cm³/mol. The summed E-state index contributed by atoms with van der Waals surface area (Å²) in [6.45, 7) is 0.193. The van der Waals surface area contributed by atoms with Gasteiger partial charge in [0.2, 0.25) is 12.4 Å². The van der Waals surface area contributed by atoms with E-state index in [-0.39, 0.29) is 24.6 Å². The van der Waals surface area contributed by atoms with Crippen LogP contribution in [0.3, 0.4) is 0 Å². The fourth-order valence-corrected chi connectivity index (χ4v) is 3.52. The van der Waals surface area contributed by atoms with Crippen LogP contribution in [-0.4, -0.2) is 72.4 Å². The molecule has 164 valence electrons. The Morgan fingerprint density at radius 2 is 2.10 bits per heavy atom. The van der Waals surface area contributed by atoms with Crippen LogP contribution < -0.4 is 5.32 Å². The van der Waals surface area contributed by atoms with E-state index >= 15 is 0 Å². The molecule has 0 unspecified atom stereocenters. The fourth-order valence-electron chi connectivity index (χ4n) is 3.52. The number of anilines is 1. The average molecular weight is 436 g/mol. The lowest BCUT2D eigenvalue weighted by molar-refractivity contribution is 0.0573. The van der Waals surface area contributed by atoms with Gasteiger partial charge in [0, 0.05) is 25.2 Å². The first-order valence-electron chi connectivity index (χ1n) is 9.52. The van der Waals surface area contributed by atoms with Crippen molar-refractivity contribution in [1.29, 1.82) is 0 Å². The lowest BCUT2D eigenvalue weighted by atomic mass is 10.0. The van der Waals surface area contributed by atoms with Crippen molar-refractivity contribution in [3.05, 3.63) is 42.0 Å². The highest BCUT2D eigenvalue weighted by atomic mass is 19.3. The van der Waals surface area contributed by atoms with Crippen LogP contribution in [0.25, 0.3) is 16.9 Å². The molecule has 3 aromatic heterocycles. The minimum Gasteiger partial charge on any atom is -0.465 e. The second-order valence-corrected chi connectivity index (χ2v) is 7.24. The Hall–Kier alpha value is -3.41. The molecular weight excluding hydrogens is 417 g/mol. The van der Waals surface area contributed by atoms with E-state index in [0.717, 1.165) is 4.90 Å². The lowest BCUT2D eigenvalue weighted by Gasteiger charge is -2.34. The van der Waals surface area contributed by atoms with Gasteiger partial charge in [0.15, 0.2) is 5.82 Å². The number of halogens is 3. The third kappa shape index (κ3) is 4.38. The quantitative estimate of drug-likeness (QED) is 0.562. The number of pyridine rings is 1. The highest BCUT2D eigenvalue weighted by molar-refractivity contribution is 5.65. The first kappa shape index (κ1) is 20.8. The van der Waals surface area contributed by atoms with Gasteiger partial charge in [-0.05, 0) is 18.1 Å². The van der Waals surface area contributed by atoms with Crippen molar-refractivity contribution < 1.29 is 28.2 Å². The number of aliphatic hydroxyl groups is 1. The zero-order valence-electron chi connectivity index (χ0n) is 16.1. The summed E-state index contributed by atoms with van der Waals surface area (Å²) in [4.78, 5) is 20.4. The average Bonchev–Trinajstić information content (AvgIpc) is 3.05. The molecule has 1 aliphatic heterocycles. The third-order valence-corrected chi connectivity index (χ3v) is 5.11. The van der Waals surface area contributed by atoms with Crippen LogP contribution in [0.5, 0.6) is 0 Å². The molecule has 1 aliphatic rings. The number of hydrogen-bond acceptors (Lipinski definition) is 6. The molecule has 1 fully saturated rings. The number of aliphatic hydroxyl groups excluding tert-OH is 1. The van der Waals surface area contributed by atoms with Crippen LogP contribution in [0.1, 0.15) is 12.0 Å². The highest BCUT2D eigenvalue weighted by Crippen LogP contribution is 2.24. The molecular formula is C19H19F3N6O3. The van der Waals surface area contributed by atoms with Crippen molar-refractivity contribution >= 4 is 17.6 Å². The Kier molecular flexibility index (Phi) is 5.63. The van der Waals surface area contributed by atoms with E-state index in [4.69, 9.17) is 5.11 Å². The number of carbonyl (C=O) groups is 1. The Balaban J connectivity index is 1.58. The van der Waals surface area contributed by atoms with E-state index in [1.54, 1.807) is 0 Å². The number of nitrogens with one attached hydrogen (secondary N) is 1. The molecule has 3 aromatic rings. The van der Waals surface area contributed by atoms with Crippen molar-refractivity contribution in [2.24, 2.45) is 0 Å². The first-order chi connectivity index (χ1) is 14.8. The zero-order chi connectivity index (χ0) is 22.1. The molecule has 4 heterocycles. The van der Waals surface area contributed by atoms with Crippen molar-refractivity contribution in [2.75, 3.05) is 18.4 Å². The lowest BCUT2D eigenvalue weighted by Crippen LogP contribution is -2.51. The summed E-state index contributed by atoms with van der Waals surface area (Å²) < 4.78 is 40.7. The summed E-state index contributed by atoms with van der Waals surface area (Å²) in [6, 6.07) is 3.75. The number of carboxylic acid groups (broad SMARTS) is 1. The van der Waals surface area contributed by atoms with Crippen LogP contribution in [-0.2, 0) is 6.42 Å². The topological polar surface area (TPSA) is 116 Å². The molecule has 1 saturated heterocycles. The van der Waals surface area contributed by atoms with Crippen LogP contribution in [0.15, 0.2) is 30.6 Å². The molecule has 4 rings (SSSR count). The van der Waals surface area contributed by atoms with Crippen molar-refractivity contribution in [1.82, 2.24) is 24.5 Å². The van der Waals surface area contributed by atoms with Crippen LogP contribution in [0.2, 0.25) is 0 Å². The standard InChI is InChI=1S/C19H19F3N6O3/c20-11-6-14(12-2-1-10(7-23-12)5-17(21)22)28-15(11)8-24-18(26-28)25-13-3-4-27(19(30)31)9-16(13)29/h1-2,6-8,13,16-17,29H,3-5,9H2,(H,25,26)(H,30,31)/t13-,16-/m1/s1. The molecule has 0 saturated carbocycles. The number of hydrogen-bond donors (Lipinski definition) is 3. The van der Waals surface area contributed by atoms with Crippen LogP contribution in [0.4, 0.5) is 23.9 Å². The van der Waals surface area contributed by atoms with Crippen molar-refractivity contribution in [3.8, 4) is 11.4 Å². The summed E-state index contributed by atoms with van der Waals surface area (Å²) in [5.41, 5.74) is 1.11. The number of fused-ring (bicyclic) bond motifs is 1. The first-order valence-corrected chi connectivity index (χ1v) is 9.52. The number of aromatic nitrogens is 4. The minimum atomic E-state index is -2.49. The van der Waals surface area contributed by atoms with Gasteiger partial charge < -0.3 is 20.4 Å². The number of piperidine rings is 1. The maximum atomic E-state index is 14.4. The van der Waals surface area contributed by atoms with Crippen molar-refractivity contribution in [2.45, 2.75) is 31.4 Å². The molecule has 3 N–H and O–H groups in total. The van der Waals surface area contributed by atoms with E-state index < -0.39 is 36.9 Å². The smallest absolute Gasteiger partial charge is 0.407 e. The Labute approximate surface area is 174 Å². The number of likely N-dealkylation sites (tertiary alicyclic amines) is 1. The molecule has 2 atom stereocenters. The number of alkyl halides is 2. The van der Waals surface area contributed by atoms with Gasteiger partial charge in [-0.1, -0.05) is 6.07 Å². The van der Waals surface area contributed by atoms with E-state index in [0.29, 0.717) is 23.4 Å². The van der Waals surface area contributed by atoms with E-state index in [9.17, 15) is 23.1 Å². The number of nitrogens with zero attached hydrogens (tertiary/aromatic N) is 5. The second-order valence-electron chi connectivity index (χ2n) is 7.24. The minimum absolute atomic E-state index is 0.0481. The summed E-state index contributed by atoms with van der Waals surface area (Å²) in [5, 5.41) is 26.5. The van der Waals surface area contributed by atoms with E-state index in [1.807, 2.05) is 0 Å². The van der Waals surface area contributed by atoms with Gasteiger partial charge in [0.25, 0.3) is 0 Å². The van der Waals surface area contributed by atoms with Gasteiger partial charge in [0.1, 0.15) is 5.52 Å². The number of rotatable bonds is 5. The maximum Gasteiger partial charge on any atom is 0.407 e. The summed E-state index contributed by atoms with van der Waals surface area (Å²) in [7, 11) is 0. The molecule has 0 spiro atoms. The molecule has 12 heteroatoms. The normalized spacial score (nSPS) is 19.2. The van der Waals surface area contributed by atoms with Gasteiger partial charge in [-0.2, -0.15) is 0 Å². The van der Waals surface area contributed by atoms with E-state index in [1.165, 1.54) is 35.1 Å². The third-order valence-electron chi connectivity index (χ3n) is 5.11. The zero-order valence-corrected chi connectivity index (χ0v) is 16.1. The number of β-amino-alcohol motifs (C(OH)–C–C–N with tert-alkyl or cyclic N) is 1. The van der Waals surface area contributed by atoms with Gasteiger partial charge in [0.05, 0.1) is 36.3 Å². The molecule has 9 nitrogen and oxygen atoms in total. The molecule has 0 aromatic carbocycles. The van der Waals surface area contributed by atoms with Gasteiger partial charge in [-0.3, -0.25) is 4.98 Å². The molecule has 0 radical (unpaired) electrons. The molecule has 0 bridgehead atoms. The Morgan fingerprint density at radius 3 is 2.74 bits per heavy atom. The Morgan fingerprint density at radius 1 is 1.29 bits per heavy atom. The van der Waals surface area contributed by atoms with Gasteiger partial charge in [-0.15, -0.1) is 5.10 Å². The summed E-state index contributed by atoms with van der Waals surface area (Å²) in [5.74, 6) is -0.457. The molecule has 1 amide bonds. The van der Waals surface area contributed by atoms with Gasteiger partial charge >= 0.3 is 6.09 Å². The highest BCUT2D eigenvalue weighted by Gasteiger charge is 2.30. The number of amides is 1. The Bertz CT molecular complexity index is 1090. The van der Waals surface area contributed by atoms with Crippen molar-refractivity contribution in [3.63, 3.8) is 0 Å². The van der Waals surface area contributed by atoms with Gasteiger partial charge in [-0.25, -0.2) is 27.5 Å². The monoisotopic (exact) mass is 436 g/mol. The fraction of sp³-hybridized carbons (Fsp3) is 0.368. The second kappa shape index (κ2) is 8.38. The van der Waals surface area contributed by atoms with E-state index in [2.05, 4.69) is 20.4 Å². The van der Waals surface area contributed by atoms with Crippen LogP contribution in [0, 0.1) is 5.82 Å². The maximum absolute atomic E-state index is 14.4. The molecule has 31 heavy (non-hydrogen) atoms. The summed E-state index contributed by atoms with van der Waals surface area (Å²) >= 11 is 0. The predicted octanol–water partition coefficient (Wildman–Crippen LogP) is 2.26. The molecule has 0 aliphatic carbocycles. The largest absolute Gasteiger partial charge is 0.465 e. The van der Waals surface area contributed by atoms with Crippen LogP contribution >= 0.6 is 0 Å².